The summed E-state index contributed by atoms with van der Waals surface area (Å²) in [6.45, 7) is 3.15. The minimum atomic E-state index is -2.95. The first-order valence-electron chi connectivity index (χ1n) is 15.3. The molecule has 2 aromatic rings. The summed E-state index contributed by atoms with van der Waals surface area (Å²) < 4.78 is 27.0. The quantitative estimate of drug-likeness (QED) is 0.266. The van der Waals surface area contributed by atoms with Crippen molar-refractivity contribution in [2.24, 2.45) is 0 Å². The summed E-state index contributed by atoms with van der Waals surface area (Å²) >= 11 is 0. The fourth-order valence-electron chi connectivity index (χ4n) is 7.76. The third-order valence-electron chi connectivity index (χ3n) is 10.1. The summed E-state index contributed by atoms with van der Waals surface area (Å²) in [4.78, 5) is 69.0. The lowest BCUT2D eigenvalue weighted by atomic mass is 9.57. The number of benzene rings is 2. The van der Waals surface area contributed by atoms with Gasteiger partial charge in [-0.25, -0.2) is 4.79 Å². The predicted molar refractivity (Wildman–Crippen MR) is 165 cm³/mol. The molecule has 260 valence electrons. The summed E-state index contributed by atoms with van der Waals surface area (Å²) in [5.74, 6) is -6.85. The number of ether oxygens (including phenoxy) is 5. The summed E-state index contributed by atoms with van der Waals surface area (Å²) in [5.41, 5.74) is -8.29. The first-order valence-corrected chi connectivity index (χ1v) is 15.3. The molecule has 49 heavy (non-hydrogen) atoms. The number of esters is 1. The molecular formula is C34H35NO14. The molecule has 1 saturated heterocycles. The lowest BCUT2D eigenvalue weighted by Crippen LogP contribution is -2.67. The van der Waals surface area contributed by atoms with E-state index in [2.05, 4.69) is 5.32 Å². The molecule has 3 aliphatic carbocycles. The molecule has 0 saturated carbocycles. The van der Waals surface area contributed by atoms with E-state index in [0.29, 0.717) is 0 Å². The normalized spacial score (nSPS) is 30.5. The molecule has 0 bridgehead atoms. The number of nitrogens with one attached hydrogen (secondary N) is 1. The molecule has 0 amide bonds. The van der Waals surface area contributed by atoms with Crippen LogP contribution < -0.4 is 5.32 Å². The second kappa shape index (κ2) is 11.8. The van der Waals surface area contributed by atoms with Crippen LogP contribution in [0.4, 0.5) is 0 Å². The maximum atomic E-state index is 14.5. The zero-order valence-corrected chi connectivity index (χ0v) is 27.4. The molecule has 0 aromatic heterocycles. The van der Waals surface area contributed by atoms with Gasteiger partial charge in [-0.3, -0.25) is 19.2 Å². The van der Waals surface area contributed by atoms with Crippen LogP contribution in [0.3, 0.4) is 0 Å². The number of hydrogen-bond acceptors (Lipinski definition) is 15. The average molecular weight is 682 g/mol. The number of Topliss-reactive ketones (excluding diaryl/α,β-unsaturated/α-hetero) is 3. The number of aliphatic hydroxyl groups is 2. The second-order valence-corrected chi connectivity index (χ2v) is 12.5. The molecule has 0 spiro atoms. The number of carbonyl (C=O) groups is 5. The highest BCUT2D eigenvalue weighted by Gasteiger charge is 2.69. The van der Waals surface area contributed by atoms with E-state index in [4.69, 9.17) is 23.7 Å². The number of aromatic hydroxyl groups is 2. The van der Waals surface area contributed by atoms with E-state index in [1.54, 1.807) is 6.92 Å². The van der Waals surface area contributed by atoms with Crippen LogP contribution >= 0.6 is 0 Å². The van der Waals surface area contributed by atoms with Gasteiger partial charge >= 0.3 is 5.97 Å². The van der Waals surface area contributed by atoms with Crippen LogP contribution in [-0.4, -0.2) is 114 Å². The number of rotatable bonds is 6. The molecule has 7 atom stereocenters. The second-order valence-electron chi connectivity index (χ2n) is 12.5. The fraction of sp³-hybridized carbons (Fsp3) is 0.441. The minimum Gasteiger partial charge on any atom is -0.507 e. The van der Waals surface area contributed by atoms with Crippen molar-refractivity contribution >= 4 is 29.1 Å². The van der Waals surface area contributed by atoms with Crippen LogP contribution in [0.2, 0.25) is 0 Å². The smallest absolute Gasteiger partial charge is 0.341 e. The summed E-state index contributed by atoms with van der Waals surface area (Å²) in [7, 11) is 4.84. The van der Waals surface area contributed by atoms with Crippen LogP contribution in [0.1, 0.15) is 81.8 Å². The number of carbonyl (C=O) groups excluding carboxylic acids is 5. The largest absolute Gasteiger partial charge is 0.507 e. The number of aliphatic hydroxyl groups excluding tert-OH is 1. The Hall–Kier alpha value is -4.51. The van der Waals surface area contributed by atoms with Crippen molar-refractivity contribution in [1.82, 2.24) is 5.32 Å². The Kier molecular flexibility index (Phi) is 8.29. The van der Waals surface area contributed by atoms with Gasteiger partial charge < -0.3 is 49.4 Å². The number of aryl methyl sites for hydroxylation is 2. The van der Waals surface area contributed by atoms with Crippen molar-refractivity contribution in [2.75, 3.05) is 28.4 Å². The Morgan fingerprint density at radius 1 is 0.959 bits per heavy atom. The number of hydrogen-bond donors (Lipinski definition) is 5. The van der Waals surface area contributed by atoms with Crippen LogP contribution in [0.15, 0.2) is 23.9 Å². The maximum absolute atomic E-state index is 14.5. The molecule has 4 aliphatic rings. The summed E-state index contributed by atoms with van der Waals surface area (Å²) in [6.07, 6.45) is -4.26. The van der Waals surface area contributed by atoms with Crippen LogP contribution in [0, 0.1) is 6.92 Å². The van der Waals surface area contributed by atoms with Crippen molar-refractivity contribution in [2.45, 2.75) is 68.5 Å². The van der Waals surface area contributed by atoms with Crippen molar-refractivity contribution < 1.29 is 68.1 Å². The standard InChI is InChI=1S/C34H35NO14/c1-12-9-14-7-8-33(48-6)30(42)21-16(29(41)34(33,44)22(14)25(39)19(12)32(43)47-5)10-15-20(24(21)38)18(36)11-17(23(15)37)35-31-28(46-4)26(40)27(45-3)13(2)49-31/h9-11,13,26-28,31,35,38-40,44H,7-8H2,1-6H3. The van der Waals surface area contributed by atoms with E-state index in [9.17, 15) is 44.4 Å². The molecule has 1 aliphatic heterocycles. The highest BCUT2D eigenvalue weighted by atomic mass is 16.6. The molecule has 15 nitrogen and oxygen atoms in total. The third kappa shape index (κ3) is 4.46. The lowest BCUT2D eigenvalue weighted by Gasteiger charge is -2.50. The fourth-order valence-corrected chi connectivity index (χ4v) is 7.76. The summed E-state index contributed by atoms with van der Waals surface area (Å²) in [6, 6.07) is 2.40. The summed E-state index contributed by atoms with van der Waals surface area (Å²) in [5, 5.41) is 48.9. The molecule has 6 rings (SSSR count). The number of methoxy groups -OCH3 is 4. The predicted octanol–water partition coefficient (Wildman–Crippen LogP) is 0.779. The van der Waals surface area contributed by atoms with Gasteiger partial charge in [-0.1, -0.05) is 6.07 Å². The van der Waals surface area contributed by atoms with Crippen molar-refractivity contribution in [3.8, 4) is 11.5 Å². The molecule has 0 radical (unpaired) electrons. The number of phenols is 2. The number of ketones is 4. The van der Waals surface area contributed by atoms with Gasteiger partial charge in [0.1, 0.15) is 35.4 Å². The SMILES string of the molecule is COC(=O)c1c(C)cc2c(c1O)C1(O)C(=O)c3cc4c(c(O)c3C(=O)C1(OC)CC2)C(=O)C=C(NC1OC(C)C(OC)C(O)C1OC)C4=O. The maximum Gasteiger partial charge on any atom is 0.341 e. The van der Waals surface area contributed by atoms with Crippen LogP contribution in [0.5, 0.6) is 11.5 Å². The lowest BCUT2D eigenvalue weighted by molar-refractivity contribution is -0.236. The van der Waals surface area contributed by atoms with Crippen molar-refractivity contribution in [1.29, 1.82) is 0 Å². The number of fused-ring (bicyclic) bond motifs is 5. The van der Waals surface area contributed by atoms with E-state index in [1.165, 1.54) is 27.2 Å². The van der Waals surface area contributed by atoms with Gasteiger partial charge in [0, 0.05) is 44.1 Å². The first-order chi connectivity index (χ1) is 23.1. The Morgan fingerprint density at radius 3 is 2.24 bits per heavy atom. The Bertz CT molecular complexity index is 1880. The Morgan fingerprint density at radius 2 is 1.63 bits per heavy atom. The van der Waals surface area contributed by atoms with E-state index in [-0.39, 0.29) is 35.2 Å². The topological polar surface area (TPSA) is 224 Å². The molecule has 5 N–H and O–H groups in total. The Labute approximate surface area is 279 Å². The molecule has 15 heteroatoms. The van der Waals surface area contributed by atoms with Crippen molar-refractivity contribution in [3.63, 3.8) is 0 Å². The van der Waals surface area contributed by atoms with Gasteiger partial charge in [-0.05, 0) is 43.9 Å². The van der Waals surface area contributed by atoms with E-state index >= 15 is 0 Å². The molecule has 1 heterocycles. The average Bonchev–Trinajstić information content (AvgIpc) is 3.05. The Balaban J connectivity index is 1.49. The van der Waals surface area contributed by atoms with Gasteiger partial charge in [-0.2, -0.15) is 0 Å². The van der Waals surface area contributed by atoms with E-state index < -0.39 is 110 Å². The zero-order valence-electron chi connectivity index (χ0n) is 27.4. The van der Waals surface area contributed by atoms with Gasteiger partial charge in [0.05, 0.1) is 30.0 Å². The van der Waals surface area contributed by atoms with E-state index in [0.717, 1.165) is 26.4 Å². The minimum absolute atomic E-state index is 0.000718. The molecule has 1 fully saturated rings. The van der Waals surface area contributed by atoms with Crippen molar-refractivity contribution in [3.05, 3.63) is 68.4 Å². The number of allylic oxidation sites excluding steroid dienone is 2. The van der Waals surface area contributed by atoms with Gasteiger partial charge in [0.25, 0.3) is 0 Å². The van der Waals surface area contributed by atoms with Crippen LogP contribution in [-0.2, 0) is 35.7 Å². The highest BCUT2D eigenvalue weighted by Crippen LogP contribution is 2.56. The highest BCUT2D eigenvalue weighted by molar-refractivity contribution is 6.30. The van der Waals surface area contributed by atoms with Gasteiger partial charge in [0.15, 0.2) is 23.2 Å². The number of phenolic OH excluding ortho intramolecular Hbond substituents is 2. The van der Waals surface area contributed by atoms with Gasteiger partial charge in [0.2, 0.25) is 17.3 Å². The van der Waals surface area contributed by atoms with Gasteiger partial charge in [-0.15, -0.1) is 0 Å². The monoisotopic (exact) mass is 681 g/mol. The first kappa shape index (κ1) is 34.4. The zero-order chi connectivity index (χ0) is 35.9. The van der Waals surface area contributed by atoms with E-state index in [1.807, 2.05) is 0 Å². The molecule has 2 aromatic carbocycles. The van der Waals surface area contributed by atoms with Crippen LogP contribution in [0.25, 0.3) is 0 Å². The third-order valence-corrected chi connectivity index (χ3v) is 10.1. The molecule has 7 unspecified atom stereocenters. The molecular weight excluding hydrogens is 646 g/mol.